The first-order chi connectivity index (χ1) is 13.3. The molecule has 1 aromatic heterocycles. The second-order valence-electron chi connectivity index (χ2n) is 6.63. The van der Waals surface area contributed by atoms with Crippen molar-refractivity contribution in [1.82, 2.24) is 20.3 Å². The Labute approximate surface area is 161 Å². The molecule has 28 heavy (non-hydrogen) atoms. The van der Waals surface area contributed by atoms with Gasteiger partial charge in [-0.2, -0.15) is 0 Å². The van der Waals surface area contributed by atoms with E-state index in [1.54, 1.807) is 23.1 Å². The van der Waals surface area contributed by atoms with Gasteiger partial charge >= 0.3 is 6.09 Å². The van der Waals surface area contributed by atoms with Gasteiger partial charge < -0.3 is 15.5 Å². The maximum absolute atomic E-state index is 14.6. The van der Waals surface area contributed by atoms with Crippen LogP contribution < -0.4 is 10.2 Å². The summed E-state index contributed by atoms with van der Waals surface area (Å²) in [5.74, 6) is -0.810. The van der Waals surface area contributed by atoms with Crippen LogP contribution in [0.5, 0.6) is 0 Å². The van der Waals surface area contributed by atoms with Crippen LogP contribution in [0.4, 0.5) is 14.9 Å². The molecule has 0 saturated carbocycles. The third-order valence-electron chi connectivity index (χ3n) is 4.43. The first kappa shape index (κ1) is 19.5. The molecule has 2 N–H and O–H groups in total. The molecule has 2 heterocycles. The standard InChI is InChI=1S/C18H21FN6O3/c1-11(25-6-5-22-23-25)7-17(20)15-4-3-13(8-16(15)19)24-10-14(28-18(24)27)9-21-12(2)26/h3-6,8,11,14,20H,7,9-10H2,1-2H3,(H,21,26)/t11-,14+/m1/s1. The number of carbonyl (C=O) groups excluding carboxylic acids is 2. The molecule has 2 amide bonds. The van der Waals surface area contributed by atoms with Crippen LogP contribution in [-0.4, -0.2) is 51.9 Å². The van der Waals surface area contributed by atoms with Crippen LogP contribution in [0.2, 0.25) is 0 Å². The number of ether oxygens (including phenoxy) is 1. The summed E-state index contributed by atoms with van der Waals surface area (Å²) < 4.78 is 21.4. The number of halogens is 1. The summed E-state index contributed by atoms with van der Waals surface area (Å²) in [6, 6.07) is 4.13. The average Bonchev–Trinajstić information content (AvgIpc) is 3.29. The van der Waals surface area contributed by atoms with E-state index in [1.807, 2.05) is 6.92 Å². The summed E-state index contributed by atoms with van der Waals surface area (Å²) in [5, 5.41) is 18.4. The Kier molecular flexibility index (Phi) is 5.67. The number of benzene rings is 1. The van der Waals surface area contributed by atoms with Crippen molar-refractivity contribution in [2.45, 2.75) is 32.4 Å². The highest BCUT2D eigenvalue weighted by atomic mass is 19.1. The molecule has 0 unspecified atom stereocenters. The molecule has 9 nitrogen and oxygen atoms in total. The number of nitrogens with one attached hydrogen (secondary N) is 2. The molecule has 1 aromatic carbocycles. The van der Waals surface area contributed by atoms with Crippen molar-refractivity contribution in [3.05, 3.63) is 42.0 Å². The largest absolute Gasteiger partial charge is 0.442 e. The summed E-state index contributed by atoms with van der Waals surface area (Å²) in [6.45, 7) is 3.65. The van der Waals surface area contributed by atoms with Crippen molar-refractivity contribution in [2.75, 3.05) is 18.0 Å². The van der Waals surface area contributed by atoms with E-state index in [0.717, 1.165) is 0 Å². The molecule has 1 aliphatic rings. The van der Waals surface area contributed by atoms with Crippen LogP contribution in [0.3, 0.4) is 0 Å². The van der Waals surface area contributed by atoms with Gasteiger partial charge in [0.15, 0.2) is 0 Å². The number of nitrogens with zero attached hydrogens (tertiary/aromatic N) is 4. The lowest BCUT2D eigenvalue weighted by molar-refractivity contribution is -0.119. The predicted octanol–water partition coefficient (Wildman–Crippen LogP) is 1.90. The molecule has 3 rings (SSSR count). The summed E-state index contributed by atoms with van der Waals surface area (Å²) in [7, 11) is 0. The average molecular weight is 388 g/mol. The van der Waals surface area contributed by atoms with Crippen LogP contribution in [0.1, 0.15) is 31.9 Å². The second-order valence-corrected chi connectivity index (χ2v) is 6.63. The van der Waals surface area contributed by atoms with E-state index < -0.39 is 18.0 Å². The molecule has 1 saturated heterocycles. The Morgan fingerprint density at radius 3 is 2.93 bits per heavy atom. The van der Waals surface area contributed by atoms with E-state index >= 15 is 0 Å². The number of rotatable bonds is 7. The molecule has 1 aliphatic heterocycles. The number of aromatic nitrogens is 3. The molecule has 0 radical (unpaired) electrons. The van der Waals surface area contributed by atoms with Gasteiger partial charge in [0.2, 0.25) is 5.91 Å². The van der Waals surface area contributed by atoms with Gasteiger partial charge in [0.1, 0.15) is 11.9 Å². The maximum Gasteiger partial charge on any atom is 0.414 e. The van der Waals surface area contributed by atoms with Crippen molar-refractivity contribution in [2.24, 2.45) is 0 Å². The van der Waals surface area contributed by atoms with Crippen molar-refractivity contribution in [3.63, 3.8) is 0 Å². The van der Waals surface area contributed by atoms with Gasteiger partial charge in [0.25, 0.3) is 0 Å². The Morgan fingerprint density at radius 1 is 1.50 bits per heavy atom. The van der Waals surface area contributed by atoms with Gasteiger partial charge in [-0.1, -0.05) is 5.21 Å². The fraction of sp³-hybridized carbons (Fsp3) is 0.389. The van der Waals surface area contributed by atoms with Gasteiger partial charge in [-0.15, -0.1) is 5.10 Å². The van der Waals surface area contributed by atoms with Crippen LogP contribution in [0.15, 0.2) is 30.6 Å². The summed E-state index contributed by atoms with van der Waals surface area (Å²) in [5.41, 5.74) is 0.631. The SMILES string of the molecule is CC(=O)NC[C@H]1CN(c2ccc(C(=N)C[C@@H](C)n3ccnn3)c(F)c2)C(=O)O1. The topological polar surface area (TPSA) is 113 Å². The Morgan fingerprint density at radius 2 is 2.29 bits per heavy atom. The number of hydrogen-bond donors (Lipinski definition) is 2. The smallest absolute Gasteiger partial charge is 0.414 e. The van der Waals surface area contributed by atoms with E-state index in [4.69, 9.17) is 10.1 Å². The number of amides is 2. The lowest BCUT2D eigenvalue weighted by Crippen LogP contribution is -2.33. The van der Waals surface area contributed by atoms with Crippen LogP contribution >= 0.6 is 0 Å². The van der Waals surface area contributed by atoms with E-state index in [2.05, 4.69) is 15.6 Å². The van der Waals surface area contributed by atoms with Crippen LogP contribution in [0.25, 0.3) is 0 Å². The summed E-state index contributed by atoms with van der Waals surface area (Å²) in [4.78, 5) is 24.3. The summed E-state index contributed by atoms with van der Waals surface area (Å²) >= 11 is 0. The van der Waals surface area contributed by atoms with E-state index in [-0.39, 0.29) is 42.7 Å². The number of anilines is 1. The fourth-order valence-corrected chi connectivity index (χ4v) is 2.96. The van der Waals surface area contributed by atoms with Gasteiger partial charge in [-0.25, -0.2) is 13.9 Å². The minimum atomic E-state index is -0.600. The van der Waals surface area contributed by atoms with E-state index in [1.165, 1.54) is 24.0 Å². The normalized spacial score (nSPS) is 17.3. The fourth-order valence-electron chi connectivity index (χ4n) is 2.96. The minimum absolute atomic E-state index is 0.125. The number of cyclic esters (lactones) is 1. The third kappa shape index (κ3) is 4.33. The third-order valence-corrected chi connectivity index (χ3v) is 4.43. The zero-order valence-corrected chi connectivity index (χ0v) is 15.6. The molecule has 0 bridgehead atoms. The van der Waals surface area contributed by atoms with Crippen LogP contribution in [-0.2, 0) is 9.53 Å². The van der Waals surface area contributed by atoms with Crippen LogP contribution in [0, 0.1) is 11.2 Å². The molecule has 1 fully saturated rings. The maximum atomic E-state index is 14.6. The first-order valence-electron chi connectivity index (χ1n) is 8.81. The highest BCUT2D eigenvalue weighted by Crippen LogP contribution is 2.25. The Balaban J connectivity index is 1.67. The van der Waals surface area contributed by atoms with E-state index in [9.17, 15) is 14.0 Å². The highest BCUT2D eigenvalue weighted by molar-refractivity contribution is 5.99. The quantitative estimate of drug-likeness (QED) is 0.704. The number of hydrogen-bond acceptors (Lipinski definition) is 6. The van der Waals surface area contributed by atoms with Gasteiger partial charge in [0, 0.05) is 30.8 Å². The second kappa shape index (κ2) is 8.15. The van der Waals surface area contributed by atoms with Crippen molar-refractivity contribution >= 4 is 23.4 Å². The minimum Gasteiger partial charge on any atom is -0.442 e. The predicted molar refractivity (Wildman–Crippen MR) is 98.9 cm³/mol. The molecule has 10 heteroatoms. The molecule has 148 valence electrons. The Bertz CT molecular complexity index is 885. The molecular weight excluding hydrogens is 367 g/mol. The van der Waals surface area contributed by atoms with E-state index in [0.29, 0.717) is 5.69 Å². The Hall–Kier alpha value is -3.30. The van der Waals surface area contributed by atoms with Gasteiger partial charge in [-0.3, -0.25) is 9.69 Å². The van der Waals surface area contributed by atoms with Crippen molar-refractivity contribution in [1.29, 1.82) is 5.41 Å². The molecule has 0 aliphatic carbocycles. The van der Waals surface area contributed by atoms with Crippen molar-refractivity contribution in [3.8, 4) is 0 Å². The zero-order valence-electron chi connectivity index (χ0n) is 15.6. The van der Waals surface area contributed by atoms with Crippen molar-refractivity contribution < 1.29 is 18.7 Å². The molecule has 2 aromatic rings. The first-order valence-corrected chi connectivity index (χ1v) is 8.81. The number of carbonyl (C=O) groups is 2. The summed E-state index contributed by atoms with van der Waals surface area (Å²) in [6.07, 6.45) is 2.42. The van der Waals surface area contributed by atoms with Gasteiger partial charge in [-0.05, 0) is 25.1 Å². The molecule has 2 atom stereocenters. The zero-order chi connectivity index (χ0) is 20.3. The lowest BCUT2D eigenvalue weighted by atomic mass is 10.0. The highest BCUT2D eigenvalue weighted by Gasteiger charge is 2.32. The lowest BCUT2D eigenvalue weighted by Gasteiger charge is -2.16. The monoisotopic (exact) mass is 388 g/mol. The van der Waals surface area contributed by atoms with Gasteiger partial charge in [0.05, 0.1) is 31.0 Å². The molecule has 0 spiro atoms. The molecular formula is C18H21FN6O3.